The van der Waals surface area contributed by atoms with Crippen LogP contribution < -0.4 is 10.1 Å². The standard InChI is InChI=1S/C31H43N3O7/c1-3-40-29(30(35)36)21-25-13-16-27(17-14-25)41-20-19-33(18-8-7-11-24-9-5-4-6-10-24)31(37)32-26-15-12-23(2)28(22-26)34(38)39/h12-17,22,24,29H,3-11,18-21H2,1-2H3,(H,32,37)(H,35,36). The molecule has 0 bridgehead atoms. The number of benzene rings is 2. The summed E-state index contributed by atoms with van der Waals surface area (Å²) >= 11 is 0. The second kappa shape index (κ2) is 16.6. The highest BCUT2D eigenvalue weighted by molar-refractivity contribution is 5.89. The Labute approximate surface area is 242 Å². The monoisotopic (exact) mass is 569 g/mol. The van der Waals surface area contributed by atoms with Crippen LogP contribution in [0.4, 0.5) is 16.2 Å². The van der Waals surface area contributed by atoms with Gasteiger partial charge in [-0.3, -0.25) is 10.1 Å². The van der Waals surface area contributed by atoms with Crippen molar-refractivity contribution >= 4 is 23.4 Å². The lowest BCUT2D eigenvalue weighted by Crippen LogP contribution is -2.38. The molecule has 0 aromatic heterocycles. The lowest BCUT2D eigenvalue weighted by molar-refractivity contribution is -0.385. The summed E-state index contributed by atoms with van der Waals surface area (Å²) in [4.78, 5) is 37.1. The van der Waals surface area contributed by atoms with E-state index < -0.39 is 17.0 Å². The summed E-state index contributed by atoms with van der Waals surface area (Å²) in [6.45, 7) is 4.91. The molecule has 1 fully saturated rings. The van der Waals surface area contributed by atoms with Crippen molar-refractivity contribution in [2.45, 2.75) is 77.7 Å². The summed E-state index contributed by atoms with van der Waals surface area (Å²) in [5.74, 6) is 0.401. The molecule has 3 rings (SSSR count). The van der Waals surface area contributed by atoms with Crippen molar-refractivity contribution in [1.29, 1.82) is 0 Å². The molecule has 0 radical (unpaired) electrons. The van der Waals surface area contributed by atoms with Crippen molar-refractivity contribution in [1.82, 2.24) is 4.90 Å². The smallest absolute Gasteiger partial charge is 0.333 e. The van der Waals surface area contributed by atoms with E-state index in [1.165, 1.54) is 44.6 Å². The molecule has 2 aromatic rings. The van der Waals surface area contributed by atoms with E-state index in [-0.39, 0.29) is 24.7 Å². The molecular weight excluding hydrogens is 526 g/mol. The summed E-state index contributed by atoms with van der Waals surface area (Å²) in [7, 11) is 0. The van der Waals surface area contributed by atoms with Crippen molar-refractivity contribution < 1.29 is 29.1 Å². The highest BCUT2D eigenvalue weighted by atomic mass is 16.6. The molecule has 2 aromatic carbocycles. The fraction of sp³-hybridized carbons (Fsp3) is 0.548. The zero-order valence-electron chi connectivity index (χ0n) is 24.2. The molecular formula is C31H43N3O7. The Morgan fingerprint density at radius 3 is 2.49 bits per heavy atom. The van der Waals surface area contributed by atoms with Crippen LogP contribution in [0.15, 0.2) is 42.5 Å². The third kappa shape index (κ3) is 10.7. The molecule has 1 saturated carbocycles. The van der Waals surface area contributed by atoms with Crippen LogP contribution in [0.5, 0.6) is 5.75 Å². The Kier molecular flexibility index (Phi) is 12.9. The number of nitro groups is 1. The number of rotatable bonds is 16. The van der Waals surface area contributed by atoms with E-state index in [0.29, 0.717) is 36.7 Å². The van der Waals surface area contributed by atoms with Crippen LogP contribution in [-0.4, -0.2) is 59.3 Å². The maximum absolute atomic E-state index is 13.2. The largest absolute Gasteiger partial charge is 0.492 e. The lowest BCUT2D eigenvalue weighted by Gasteiger charge is -2.25. The fourth-order valence-electron chi connectivity index (χ4n) is 5.24. The Bertz CT molecular complexity index is 1130. The molecule has 41 heavy (non-hydrogen) atoms. The average Bonchev–Trinajstić information content (AvgIpc) is 2.96. The van der Waals surface area contributed by atoms with Crippen molar-refractivity contribution in [2.24, 2.45) is 5.92 Å². The number of nitrogens with zero attached hydrogens (tertiary/aromatic N) is 2. The van der Waals surface area contributed by atoms with Crippen molar-refractivity contribution in [3.63, 3.8) is 0 Å². The summed E-state index contributed by atoms with van der Waals surface area (Å²) in [5, 5.41) is 23.5. The van der Waals surface area contributed by atoms with E-state index in [1.54, 1.807) is 43.0 Å². The molecule has 2 amide bonds. The number of carboxylic acids is 1. The zero-order valence-corrected chi connectivity index (χ0v) is 24.2. The number of aliphatic carboxylic acids is 1. The maximum atomic E-state index is 13.2. The number of hydrogen-bond donors (Lipinski definition) is 2. The van der Waals surface area contributed by atoms with Gasteiger partial charge in [-0.05, 0) is 49.9 Å². The minimum Gasteiger partial charge on any atom is -0.492 e. The first-order chi connectivity index (χ1) is 19.8. The second-order valence-electron chi connectivity index (χ2n) is 10.7. The number of amides is 2. The van der Waals surface area contributed by atoms with Gasteiger partial charge in [0.25, 0.3) is 5.69 Å². The van der Waals surface area contributed by atoms with Gasteiger partial charge in [-0.2, -0.15) is 0 Å². The van der Waals surface area contributed by atoms with Gasteiger partial charge in [0.05, 0.1) is 11.5 Å². The van der Waals surface area contributed by atoms with E-state index in [0.717, 1.165) is 24.3 Å². The summed E-state index contributed by atoms with van der Waals surface area (Å²) < 4.78 is 11.2. The van der Waals surface area contributed by atoms with Crippen LogP contribution in [-0.2, 0) is 16.0 Å². The third-order valence-corrected chi connectivity index (χ3v) is 7.58. The first-order valence-electron chi connectivity index (χ1n) is 14.6. The van der Waals surface area contributed by atoms with Gasteiger partial charge in [-0.25, -0.2) is 9.59 Å². The van der Waals surface area contributed by atoms with Gasteiger partial charge in [0.1, 0.15) is 12.4 Å². The van der Waals surface area contributed by atoms with E-state index in [9.17, 15) is 24.8 Å². The van der Waals surface area contributed by atoms with E-state index in [1.807, 2.05) is 12.1 Å². The number of carbonyl (C=O) groups excluding carboxylic acids is 1. The van der Waals surface area contributed by atoms with Crippen molar-refractivity contribution in [2.75, 3.05) is 31.6 Å². The quantitative estimate of drug-likeness (QED) is 0.132. The van der Waals surface area contributed by atoms with Crippen LogP contribution in [0, 0.1) is 23.0 Å². The normalized spacial score (nSPS) is 14.3. The second-order valence-corrected chi connectivity index (χ2v) is 10.7. The third-order valence-electron chi connectivity index (χ3n) is 7.58. The molecule has 1 aliphatic rings. The molecule has 224 valence electrons. The molecule has 1 aliphatic carbocycles. The van der Waals surface area contributed by atoms with Crippen LogP contribution >= 0.6 is 0 Å². The number of carboxylic acid groups (broad SMARTS) is 1. The predicted molar refractivity (Wildman–Crippen MR) is 158 cm³/mol. The van der Waals surface area contributed by atoms with Gasteiger partial charge in [0, 0.05) is 36.9 Å². The van der Waals surface area contributed by atoms with E-state index in [2.05, 4.69) is 5.32 Å². The summed E-state index contributed by atoms with van der Waals surface area (Å²) in [6.07, 6.45) is 9.01. The van der Waals surface area contributed by atoms with E-state index >= 15 is 0 Å². The number of urea groups is 1. The van der Waals surface area contributed by atoms with Crippen LogP contribution in [0.25, 0.3) is 0 Å². The molecule has 1 unspecified atom stereocenters. The molecule has 0 heterocycles. The number of aryl methyl sites for hydroxylation is 1. The number of unbranched alkanes of at least 4 members (excludes halogenated alkanes) is 1. The minimum atomic E-state index is -0.996. The van der Waals surface area contributed by atoms with Gasteiger partial charge < -0.3 is 24.8 Å². The van der Waals surface area contributed by atoms with Gasteiger partial charge in [-0.15, -0.1) is 0 Å². The van der Waals surface area contributed by atoms with Gasteiger partial charge in [-0.1, -0.05) is 63.1 Å². The van der Waals surface area contributed by atoms with Crippen LogP contribution in [0.3, 0.4) is 0 Å². The number of hydrogen-bond acceptors (Lipinski definition) is 6. The van der Waals surface area contributed by atoms with Gasteiger partial charge in [0.15, 0.2) is 6.10 Å². The highest BCUT2D eigenvalue weighted by Crippen LogP contribution is 2.28. The SMILES string of the molecule is CCOC(Cc1ccc(OCCN(CCCCC2CCCCC2)C(=O)Nc2ccc(C)c([N+](=O)[O-])c2)cc1)C(=O)O. The first kappa shape index (κ1) is 31.9. The van der Waals surface area contributed by atoms with Gasteiger partial charge >= 0.3 is 12.0 Å². The number of nitrogens with one attached hydrogen (secondary N) is 1. The molecule has 1 atom stereocenters. The summed E-state index contributed by atoms with van der Waals surface area (Å²) in [6, 6.07) is 11.5. The Balaban J connectivity index is 1.57. The molecule has 10 heteroatoms. The minimum absolute atomic E-state index is 0.0375. The average molecular weight is 570 g/mol. The van der Waals surface area contributed by atoms with Crippen molar-refractivity contribution in [3.05, 3.63) is 63.7 Å². The lowest BCUT2D eigenvalue weighted by atomic mass is 9.86. The van der Waals surface area contributed by atoms with Crippen LogP contribution in [0.1, 0.15) is 69.4 Å². The number of anilines is 1. The maximum Gasteiger partial charge on any atom is 0.333 e. The first-order valence-corrected chi connectivity index (χ1v) is 14.6. The zero-order chi connectivity index (χ0) is 29.6. The molecule has 0 aliphatic heterocycles. The number of carbonyl (C=O) groups is 2. The fourth-order valence-corrected chi connectivity index (χ4v) is 5.24. The molecule has 10 nitrogen and oxygen atoms in total. The Hall–Kier alpha value is -3.66. The van der Waals surface area contributed by atoms with Gasteiger partial charge in [0.2, 0.25) is 0 Å². The number of ether oxygens (including phenoxy) is 2. The molecule has 2 N–H and O–H groups in total. The molecule has 0 saturated heterocycles. The topological polar surface area (TPSA) is 131 Å². The predicted octanol–water partition coefficient (Wildman–Crippen LogP) is 6.60. The van der Waals surface area contributed by atoms with E-state index in [4.69, 9.17) is 9.47 Å². The highest BCUT2D eigenvalue weighted by Gasteiger charge is 2.19. The number of nitro benzene ring substituents is 1. The summed E-state index contributed by atoms with van der Waals surface area (Å²) in [5.41, 5.74) is 1.69. The van der Waals surface area contributed by atoms with Crippen LogP contribution in [0.2, 0.25) is 0 Å². The Morgan fingerprint density at radius 2 is 1.83 bits per heavy atom. The van der Waals surface area contributed by atoms with Crippen molar-refractivity contribution in [3.8, 4) is 5.75 Å². The molecule has 0 spiro atoms. The Morgan fingerprint density at radius 1 is 1.10 bits per heavy atom.